The van der Waals surface area contributed by atoms with Crippen molar-refractivity contribution in [3.05, 3.63) is 71.1 Å². The van der Waals surface area contributed by atoms with Gasteiger partial charge < -0.3 is 35.0 Å². The topological polar surface area (TPSA) is 122 Å². The van der Waals surface area contributed by atoms with E-state index in [-0.39, 0.29) is 19.1 Å². The van der Waals surface area contributed by atoms with E-state index in [1.54, 1.807) is 23.1 Å². The van der Waals surface area contributed by atoms with Crippen LogP contribution in [-0.4, -0.2) is 53.8 Å². The number of rotatable bonds is 10. The van der Waals surface area contributed by atoms with Crippen LogP contribution in [0, 0.1) is 6.57 Å². The molecule has 2 aromatic carbocycles. The normalized spacial score (nSPS) is 17.0. The minimum atomic E-state index is -1.08. The molecule has 10 heteroatoms. The maximum atomic E-state index is 13.5. The fraction of sp³-hybridized carbons (Fsp3) is 0.448. The van der Waals surface area contributed by atoms with Gasteiger partial charge in [0.25, 0.3) is 5.54 Å². The fourth-order valence-electron chi connectivity index (χ4n) is 5.11. The Hall–Kier alpha value is -4.26. The lowest BCUT2D eigenvalue weighted by Gasteiger charge is -2.36. The number of piperidine rings is 1. The molecule has 0 spiro atoms. The maximum Gasteiger partial charge on any atom is 0.315 e. The summed E-state index contributed by atoms with van der Waals surface area (Å²) < 4.78 is 10.7. The predicted molar refractivity (Wildman–Crippen MR) is 143 cm³/mol. The third-order valence-corrected chi connectivity index (χ3v) is 7.36. The van der Waals surface area contributed by atoms with Gasteiger partial charge in [-0.3, -0.25) is 9.59 Å². The second-order valence-corrected chi connectivity index (χ2v) is 9.91. The summed E-state index contributed by atoms with van der Waals surface area (Å²) in [7, 11) is 0. The van der Waals surface area contributed by atoms with Gasteiger partial charge in [0, 0.05) is 31.5 Å². The standard InChI is InChI=1S/C29H34N4O6/c1-3-4-10-22(27(36)33-15-13-29(30-2,14-16-33)21-8-6-5-7-9-21)31-28(37)32-23(18-26(34)35)20-11-12-24-25(17-20)39-19-38-24/h5-9,11-12,17,22-23H,3-4,10,13-16,18-19H2,1H3,(H,34,35)(H2,31,32,37)/t22-,23-/m0/s1. The summed E-state index contributed by atoms with van der Waals surface area (Å²) in [5.41, 5.74) is 0.858. The second-order valence-electron chi connectivity index (χ2n) is 9.91. The van der Waals surface area contributed by atoms with E-state index >= 15 is 0 Å². The molecular formula is C29H34N4O6. The van der Waals surface area contributed by atoms with Gasteiger partial charge in [-0.2, -0.15) is 0 Å². The number of benzene rings is 2. The van der Waals surface area contributed by atoms with E-state index in [1.165, 1.54) is 0 Å². The van der Waals surface area contributed by atoms with Gasteiger partial charge in [-0.25, -0.2) is 11.4 Å². The van der Waals surface area contributed by atoms with Crippen LogP contribution in [0.5, 0.6) is 11.5 Å². The number of urea groups is 1. The molecule has 39 heavy (non-hydrogen) atoms. The Morgan fingerprint density at radius 2 is 1.79 bits per heavy atom. The minimum absolute atomic E-state index is 0.0797. The van der Waals surface area contributed by atoms with Crippen molar-refractivity contribution in [3.63, 3.8) is 0 Å². The van der Waals surface area contributed by atoms with Gasteiger partial charge in [0.15, 0.2) is 11.5 Å². The van der Waals surface area contributed by atoms with Crippen LogP contribution in [0.3, 0.4) is 0 Å². The number of nitrogens with one attached hydrogen (secondary N) is 2. The monoisotopic (exact) mass is 534 g/mol. The Labute approximate surface area is 228 Å². The first-order valence-electron chi connectivity index (χ1n) is 13.3. The molecule has 0 saturated carbocycles. The number of ether oxygens (including phenoxy) is 2. The molecule has 1 fully saturated rings. The molecule has 0 bridgehead atoms. The first-order valence-corrected chi connectivity index (χ1v) is 13.3. The number of nitrogens with zero attached hydrogens (tertiary/aromatic N) is 2. The average Bonchev–Trinajstić information content (AvgIpc) is 3.43. The number of carbonyl (C=O) groups excluding carboxylic acids is 2. The van der Waals surface area contributed by atoms with Gasteiger partial charge in [0.05, 0.1) is 12.5 Å². The SMILES string of the molecule is [C-]#[N+]C1(c2ccccc2)CCN(C(=O)[C@H](CCCC)NC(=O)N[C@@H](CC(=O)O)c2ccc3c(c2)OCO3)CC1. The Bertz CT molecular complexity index is 1220. The van der Waals surface area contributed by atoms with Crippen molar-refractivity contribution in [2.24, 2.45) is 0 Å². The highest BCUT2D eigenvalue weighted by Gasteiger charge is 2.44. The molecule has 2 aromatic rings. The summed E-state index contributed by atoms with van der Waals surface area (Å²) in [5.74, 6) is -0.231. The van der Waals surface area contributed by atoms with Crippen LogP contribution in [0.1, 0.15) is 62.6 Å². The van der Waals surface area contributed by atoms with E-state index < -0.39 is 29.6 Å². The lowest BCUT2D eigenvalue weighted by molar-refractivity contribution is -0.138. The number of carbonyl (C=O) groups is 3. The molecule has 0 aliphatic carbocycles. The highest BCUT2D eigenvalue weighted by molar-refractivity contribution is 5.87. The summed E-state index contributed by atoms with van der Waals surface area (Å²) in [4.78, 5) is 43.8. The molecular weight excluding hydrogens is 500 g/mol. The van der Waals surface area contributed by atoms with E-state index in [4.69, 9.17) is 16.0 Å². The smallest absolute Gasteiger partial charge is 0.315 e. The maximum absolute atomic E-state index is 13.5. The molecule has 2 aliphatic heterocycles. The summed E-state index contributed by atoms with van der Waals surface area (Å²) in [6, 6.07) is 12.5. The third kappa shape index (κ3) is 6.60. The van der Waals surface area contributed by atoms with Crippen molar-refractivity contribution in [1.82, 2.24) is 15.5 Å². The number of carboxylic acid groups (broad SMARTS) is 1. The molecule has 3 N–H and O–H groups in total. The van der Waals surface area contributed by atoms with Crippen LogP contribution in [0.2, 0.25) is 0 Å². The van der Waals surface area contributed by atoms with Crippen molar-refractivity contribution in [1.29, 1.82) is 0 Å². The van der Waals surface area contributed by atoms with E-state index in [0.29, 0.717) is 49.4 Å². The largest absolute Gasteiger partial charge is 0.481 e. The van der Waals surface area contributed by atoms with Crippen LogP contribution >= 0.6 is 0 Å². The Balaban J connectivity index is 1.42. The number of hydrogen-bond acceptors (Lipinski definition) is 5. The highest BCUT2D eigenvalue weighted by Crippen LogP contribution is 2.37. The summed E-state index contributed by atoms with van der Waals surface area (Å²) in [6.45, 7) is 10.8. The number of amides is 3. The summed E-state index contributed by atoms with van der Waals surface area (Å²) in [6.07, 6.45) is 2.74. The molecule has 2 aliphatic rings. The van der Waals surface area contributed by atoms with Crippen LogP contribution in [-0.2, 0) is 15.1 Å². The first-order chi connectivity index (χ1) is 18.8. The molecule has 2 atom stereocenters. The van der Waals surface area contributed by atoms with E-state index in [2.05, 4.69) is 15.5 Å². The van der Waals surface area contributed by atoms with Gasteiger partial charge in [-0.15, -0.1) is 0 Å². The molecule has 2 heterocycles. The lowest BCUT2D eigenvalue weighted by atomic mass is 9.81. The van der Waals surface area contributed by atoms with Gasteiger partial charge in [0.1, 0.15) is 6.04 Å². The third-order valence-electron chi connectivity index (χ3n) is 7.36. The Morgan fingerprint density at radius 3 is 2.46 bits per heavy atom. The lowest BCUT2D eigenvalue weighted by Crippen LogP contribution is -2.54. The number of likely N-dealkylation sites (tertiary alicyclic amines) is 1. The molecule has 1 saturated heterocycles. The van der Waals surface area contributed by atoms with Gasteiger partial charge in [0.2, 0.25) is 12.7 Å². The molecule has 0 aromatic heterocycles. The van der Waals surface area contributed by atoms with Crippen molar-refractivity contribution in [3.8, 4) is 11.5 Å². The second kappa shape index (κ2) is 12.5. The van der Waals surface area contributed by atoms with Crippen molar-refractivity contribution < 1.29 is 29.0 Å². The average molecular weight is 535 g/mol. The van der Waals surface area contributed by atoms with Gasteiger partial charge in [-0.05, 0) is 24.1 Å². The molecule has 3 amide bonds. The summed E-state index contributed by atoms with van der Waals surface area (Å²) >= 11 is 0. The zero-order chi connectivity index (χ0) is 27.8. The Morgan fingerprint density at radius 1 is 1.08 bits per heavy atom. The van der Waals surface area contributed by atoms with Crippen molar-refractivity contribution in [2.45, 2.75) is 63.1 Å². The number of aliphatic carboxylic acids is 1. The zero-order valence-electron chi connectivity index (χ0n) is 22.0. The molecule has 10 nitrogen and oxygen atoms in total. The number of fused-ring (bicyclic) bond motifs is 1. The summed E-state index contributed by atoms with van der Waals surface area (Å²) in [5, 5.41) is 15.0. The van der Waals surface area contributed by atoms with E-state index in [1.807, 2.05) is 37.3 Å². The van der Waals surface area contributed by atoms with Gasteiger partial charge in [-0.1, -0.05) is 56.2 Å². The first kappa shape index (κ1) is 27.8. The van der Waals surface area contributed by atoms with Crippen LogP contribution in [0.4, 0.5) is 4.79 Å². The van der Waals surface area contributed by atoms with Gasteiger partial charge >= 0.3 is 12.0 Å². The quantitative estimate of drug-likeness (QED) is 0.393. The highest BCUT2D eigenvalue weighted by atomic mass is 16.7. The number of hydrogen-bond donors (Lipinski definition) is 3. The molecule has 0 unspecified atom stereocenters. The predicted octanol–water partition coefficient (Wildman–Crippen LogP) is 4.23. The van der Waals surface area contributed by atoms with E-state index in [9.17, 15) is 19.5 Å². The minimum Gasteiger partial charge on any atom is -0.481 e. The van der Waals surface area contributed by atoms with Crippen molar-refractivity contribution in [2.75, 3.05) is 19.9 Å². The fourth-order valence-corrected chi connectivity index (χ4v) is 5.11. The number of carboxylic acids is 1. The molecule has 0 radical (unpaired) electrons. The molecule has 206 valence electrons. The van der Waals surface area contributed by atoms with E-state index in [0.717, 1.165) is 18.4 Å². The Kier molecular flexibility index (Phi) is 8.92. The zero-order valence-corrected chi connectivity index (χ0v) is 22.0. The molecule has 4 rings (SSSR count). The van der Waals surface area contributed by atoms with Crippen molar-refractivity contribution >= 4 is 17.9 Å². The van der Waals surface area contributed by atoms with Crippen LogP contribution in [0.15, 0.2) is 48.5 Å². The number of unbranched alkanes of at least 4 members (excludes halogenated alkanes) is 1. The van der Waals surface area contributed by atoms with Crippen LogP contribution < -0.4 is 20.1 Å². The van der Waals surface area contributed by atoms with Crippen LogP contribution in [0.25, 0.3) is 4.85 Å².